The lowest BCUT2D eigenvalue weighted by atomic mass is 10.2. The number of ether oxygens (including phenoxy) is 2. The molecule has 0 aliphatic carbocycles. The number of rotatable bonds is 6. The van der Waals surface area contributed by atoms with Crippen LogP contribution in [-0.2, 0) is 14.8 Å². The maximum Gasteiger partial charge on any atom is 0.336 e. The summed E-state index contributed by atoms with van der Waals surface area (Å²) in [5.74, 6) is -0.213. The van der Waals surface area contributed by atoms with E-state index in [2.05, 4.69) is 15.0 Å². The molecule has 4 rings (SSSR count). The molecule has 0 bridgehead atoms. The van der Waals surface area contributed by atoms with Gasteiger partial charge in [-0.3, -0.25) is 14.5 Å². The molecule has 0 unspecified atom stereocenters. The van der Waals surface area contributed by atoms with Gasteiger partial charge in [0.2, 0.25) is 0 Å². The number of carbonyl (C=O) groups excluding carboxylic acids is 2. The fraction of sp³-hybridized carbons (Fsp3) is 0.125. The van der Waals surface area contributed by atoms with E-state index in [4.69, 9.17) is 9.47 Å². The van der Waals surface area contributed by atoms with Gasteiger partial charge in [0.25, 0.3) is 15.9 Å². The highest BCUT2D eigenvalue weighted by Gasteiger charge is 2.31. The van der Waals surface area contributed by atoms with E-state index in [-0.39, 0.29) is 22.4 Å². The molecule has 1 amide bonds. The average Bonchev–Trinajstić information content (AvgIpc) is 3.10. The van der Waals surface area contributed by atoms with Crippen LogP contribution in [0.25, 0.3) is 0 Å². The van der Waals surface area contributed by atoms with E-state index in [0.29, 0.717) is 22.6 Å². The van der Waals surface area contributed by atoms with Crippen LogP contribution in [0.3, 0.4) is 0 Å². The first-order chi connectivity index (χ1) is 16.3. The van der Waals surface area contributed by atoms with E-state index >= 15 is 0 Å². The Morgan fingerprint density at radius 3 is 2.38 bits per heavy atom. The Hall–Kier alpha value is -4.18. The van der Waals surface area contributed by atoms with Gasteiger partial charge in [0.05, 0.1) is 17.6 Å². The fourth-order valence-electron chi connectivity index (χ4n) is 3.31. The number of hydrogen-bond acceptors (Lipinski definition) is 7. The number of carbonyl (C=O) groups is 2. The van der Waals surface area contributed by atoms with Crippen LogP contribution in [0.15, 0.2) is 82.7 Å². The number of fused-ring (bicyclic) bond motifs is 1. The minimum absolute atomic E-state index is 0.0921. The number of amidine groups is 1. The molecule has 174 valence electrons. The lowest BCUT2D eigenvalue weighted by Gasteiger charge is -2.11. The number of benzene rings is 3. The second kappa shape index (κ2) is 9.36. The van der Waals surface area contributed by atoms with E-state index in [1.165, 1.54) is 32.2 Å². The predicted octanol–water partition coefficient (Wildman–Crippen LogP) is 2.98. The van der Waals surface area contributed by atoms with Gasteiger partial charge < -0.3 is 14.8 Å². The summed E-state index contributed by atoms with van der Waals surface area (Å²) in [5, 5.41) is 2.76. The first kappa shape index (κ1) is 23.0. The van der Waals surface area contributed by atoms with Crippen LogP contribution in [-0.4, -0.2) is 39.3 Å². The molecule has 9 nitrogen and oxygen atoms in total. The van der Waals surface area contributed by atoms with E-state index in [0.717, 1.165) is 0 Å². The standard InChI is InChI=1S/C24H21N3O6S/c1-15(25-22-19-8-4-6-10-21(19)34(30,31)27-22)24(29)33-17-13-11-16(12-14-17)26-23(28)18-7-3-5-9-20(18)32-2/h3-15H,1-2H3,(H,25,27)(H,26,28)/t15-/m0/s1. The maximum absolute atomic E-state index is 12.5. The van der Waals surface area contributed by atoms with Gasteiger partial charge in [0, 0.05) is 11.3 Å². The van der Waals surface area contributed by atoms with Crippen LogP contribution in [0.4, 0.5) is 5.69 Å². The van der Waals surface area contributed by atoms with Crippen molar-refractivity contribution in [3.05, 3.63) is 83.9 Å². The third kappa shape index (κ3) is 4.76. The highest BCUT2D eigenvalue weighted by atomic mass is 32.2. The summed E-state index contributed by atoms with van der Waals surface area (Å²) in [6.45, 7) is 1.51. The lowest BCUT2D eigenvalue weighted by molar-refractivity contribution is -0.135. The molecule has 34 heavy (non-hydrogen) atoms. The zero-order valence-electron chi connectivity index (χ0n) is 18.3. The SMILES string of the molecule is COc1ccccc1C(=O)Nc1ccc(OC(=O)[C@H](C)N=C2NS(=O)(=O)c3ccccc32)cc1. The van der Waals surface area contributed by atoms with Crippen molar-refractivity contribution in [2.24, 2.45) is 4.99 Å². The number of amides is 1. The number of esters is 1. The number of hydrogen-bond donors (Lipinski definition) is 2. The van der Waals surface area contributed by atoms with Gasteiger partial charge in [-0.25, -0.2) is 13.2 Å². The summed E-state index contributed by atoms with van der Waals surface area (Å²) < 4.78 is 37.3. The van der Waals surface area contributed by atoms with E-state index < -0.39 is 22.0 Å². The van der Waals surface area contributed by atoms with Gasteiger partial charge >= 0.3 is 5.97 Å². The van der Waals surface area contributed by atoms with E-state index in [1.807, 2.05) is 0 Å². The summed E-state index contributed by atoms with van der Waals surface area (Å²) in [5.41, 5.74) is 1.29. The maximum atomic E-state index is 12.5. The molecule has 0 saturated carbocycles. The Morgan fingerprint density at radius 1 is 0.971 bits per heavy atom. The van der Waals surface area contributed by atoms with Crippen LogP contribution in [0.2, 0.25) is 0 Å². The molecule has 1 aliphatic heterocycles. The topological polar surface area (TPSA) is 123 Å². The quantitative estimate of drug-likeness (QED) is 0.414. The summed E-state index contributed by atoms with van der Waals surface area (Å²) in [6, 6.07) is 18.5. The van der Waals surface area contributed by atoms with Gasteiger partial charge in [-0.2, -0.15) is 0 Å². The monoisotopic (exact) mass is 479 g/mol. The predicted molar refractivity (Wildman–Crippen MR) is 126 cm³/mol. The second-order valence-electron chi connectivity index (χ2n) is 7.36. The van der Waals surface area contributed by atoms with Crippen molar-refractivity contribution in [3.63, 3.8) is 0 Å². The first-order valence-corrected chi connectivity index (χ1v) is 11.7. The number of aliphatic imine (C=N–C) groups is 1. The van der Waals surface area contributed by atoms with Crippen LogP contribution < -0.4 is 19.5 Å². The molecule has 0 radical (unpaired) electrons. The average molecular weight is 480 g/mol. The molecule has 0 spiro atoms. The summed E-state index contributed by atoms with van der Waals surface area (Å²) in [7, 11) is -2.21. The number of methoxy groups -OCH3 is 1. The second-order valence-corrected chi connectivity index (χ2v) is 9.01. The normalized spacial score (nSPS) is 15.6. The summed E-state index contributed by atoms with van der Waals surface area (Å²) >= 11 is 0. The van der Waals surface area contributed by atoms with Gasteiger partial charge in [-0.05, 0) is 55.5 Å². The number of anilines is 1. The van der Waals surface area contributed by atoms with Crippen molar-refractivity contribution in [1.29, 1.82) is 0 Å². The fourth-order valence-corrected chi connectivity index (χ4v) is 4.55. The van der Waals surface area contributed by atoms with Crippen LogP contribution in [0.5, 0.6) is 11.5 Å². The Balaban J connectivity index is 1.41. The van der Waals surface area contributed by atoms with Crippen molar-refractivity contribution in [1.82, 2.24) is 4.72 Å². The molecular weight excluding hydrogens is 458 g/mol. The molecule has 0 aromatic heterocycles. The smallest absolute Gasteiger partial charge is 0.336 e. The highest BCUT2D eigenvalue weighted by Crippen LogP contribution is 2.24. The Morgan fingerprint density at radius 2 is 1.65 bits per heavy atom. The van der Waals surface area contributed by atoms with Crippen LogP contribution >= 0.6 is 0 Å². The van der Waals surface area contributed by atoms with Crippen molar-refractivity contribution < 1.29 is 27.5 Å². The van der Waals surface area contributed by atoms with Crippen molar-refractivity contribution in [3.8, 4) is 11.5 Å². The Bertz CT molecular complexity index is 1380. The number of nitrogens with one attached hydrogen (secondary N) is 2. The zero-order chi connectivity index (χ0) is 24.3. The molecule has 1 aliphatic rings. The summed E-state index contributed by atoms with van der Waals surface area (Å²) in [6.07, 6.45) is 0. The minimum Gasteiger partial charge on any atom is -0.496 e. The number of para-hydroxylation sites is 1. The molecule has 2 N–H and O–H groups in total. The zero-order valence-corrected chi connectivity index (χ0v) is 19.1. The molecule has 0 saturated heterocycles. The van der Waals surface area contributed by atoms with Crippen molar-refractivity contribution in [2.75, 3.05) is 12.4 Å². The van der Waals surface area contributed by atoms with Crippen LogP contribution in [0.1, 0.15) is 22.8 Å². The number of nitrogens with zero attached hydrogens (tertiary/aromatic N) is 1. The Kier molecular flexibility index (Phi) is 6.33. The lowest BCUT2D eigenvalue weighted by Crippen LogP contribution is -2.27. The molecule has 1 heterocycles. The highest BCUT2D eigenvalue weighted by molar-refractivity contribution is 7.90. The Labute approximate surface area is 196 Å². The largest absolute Gasteiger partial charge is 0.496 e. The van der Waals surface area contributed by atoms with Gasteiger partial charge in [-0.15, -0.1) is 0 Å². The molecule has 0 fully saturated rings. The van der Waals surface area contributed by atoms with E-state index in [1.54, 1.807) is 54.6 Å². The minimum atomic E-state index is -3.70. The molecule has 3 aromatic rings. The summed E-state index contributed by atoms with van der Waals surface area (Å²) in [4.78, 5) is 29.3. The molecular formula is C24H21N3O6S. The van der Waals surface area contributed by atoms with Gasteiger partial charge in [-0.1, -0.05) is 24.3 Å². The van der Waals surface area contributed by atoms with Gasteiger partial charge in [0.15, 0.2) is 0 Å². The third-order valence-electron chi connectivity index (χ3n) is 5.01. The van der Waals surface area contributed by atoms with Crippen LogP contribution in [0, 0.1) is 0 Å². The first-order valence-electron chi connectivity index (χ1n) is 10.2. The van der Waals surface area contributed by atoms with Crippen molar-refractivity contribution in [2.45, 2.75) is 17.9 Å². The van der Waals surface area contributed by atoms with Gasteiger partial charge in [0.1, 0.15) is 23.4 Å². The van der Waals surface area contributed by atoms with Crippen molar-refractivity contribution >= 4 is 33.4 Å². The third-order valence-corrected chi connectivity index (χ3v) is 6.41. The molecule has 1 atom stereocenters. The molecule has 10 heteroatoms. The number of sulfonamides is 1. The van der Waals surface area contributed by atoms with E-state index in [9.17, 15) is 18.0 Å². The molecule has 3 aromatic carbocycles.